The lowest BCUT2D eigenvalue weighted by Gasteiger charge is -2.10. The largest absolute Gasteiger partial charge is 0.491 e. The molecule has 3 aromatic rings. The number of aromatic carboxylic acids is 1. The fourth-order valence-corrected chi connectivity index (χ4v) is 3.81. The van der Waals surface area contributed by atoms with Crippen LogP contribution in [0.25, 0.3) is 11.1 Å². The van der Waals surface area contributed by atoms with E-state index in [-0.39, 0.29) is 16.1 Å². The van der Waals surface area contributed by atoms with Gasteiger partial charge in [-0.05, 0) is 17.7 Å². The number of carbonyl (C=O) groups is 2. The number of thiophene rings is 1. The van der Waals surface area contributed by atoms with E-state index in [9.17, 15) is 27.9 Å². The van der Waals surface area contributed by atoms with Crippen LogP contribution in [0, 0.1) is 17.5 Å². The third-order valence-electron chi connectivity index (χ3n) is 3.93. The predicted molar refractivity (Wildman–Crippen MR) is 103 cm³/mol. The molecule has 0 aliphatic heterocycles. The number of amides is 1. The maximum absolute atomic E-state index is 14.3. The van der Waals surface area contributed by atoms with Gasteiger partial charge in [0.2, 0.25) is 0 Å². The molecule has 0 spiro atoms. The summed E-state index contributed by atoms with van der Waals surface area (Å²) in [7, 11) is 0.958. The fourth-order valence-electron chi connectivity index (χ4n) is 2.66. The molecule has 0 unspecified atom stereocenters. The van der Waals surface area contributed by atoms with Crippen LogP contribution in [0.1, 0.15) is 20.7 Å². The van der Waals surface area contributed by atoms with Crippen LogP contribution in [0.5, 0.6) is 5.75 Å². The summed E-state index contributed by atoms with van der Waals surface area (Å²) < 4.78 is 46.4. The van der Waals surface area contributed by atoms with Crippen LogP contribution in [-0.4, -0.2) is 24.1 Å². The van der Waals surface area contributed by atoms with E-state index in [0.717, 1.165) is 18.4 Å². The monoisotopic (exact) mass is 441 g/mol. The Hall–Kier alpha value is -3.04. The number of nitrogens with one attached hydrogen (secondary N) is 1. The molecule has 1 aromatic heterocycles. The molecule has 0 aliphatic carbocycles. The number of benzene rings is 2. The van der Waals surface area contributed by atoms with Crippen LogP contribution in [-0.2, 0) is 0 Å². The molecule has 3 rings (SSSR count). The maximum Gasteiger partial charge on any atom is 0.339 e. The highest BCUT2D eigenvalue weighted by atomic mass is 35.5. The van der Waals surface area contributed by atoms with E-state index in [1.807, 2.05) is 0 Å². The van der Waals surface area contributed by atoms with Crippen LogP contribution in [0.3, 0.4) is 0 Å². The fraction of sp³-hybridized carbons (Fsp3) is 0.0526. The molecule has 10 heteroatoms. The van der Waals surface area contributed by atoms with E-state index < -0.39 is 40.6 Å². The summed E-state index contributed by atoms with van der Waals surface area (Å²) >= 11 is 6.78. The van der Waals surface area contributed by atoms with Crippen LogP contribution in [0.4, 0.5) is 18.2 Å². The Morgan fingerprint density at radius 2 is 1.86 bits per heavy atom. The first-order valence-corrected chi connectivity index (χ1v) is 9.13. The Morgan fingerprint density at radius 1 is 1.14 bits per heavy atom. The number of ether oxygens (including phenoxy) is 1. The van der Waals surface area contributed by atoms with Gasteiger partial charge in [-0.1, -0.05) is 23.7 Å². The van der Waals surface area contributed by atoms with Gasteiger partial charge >= 0.3 is 5.97 Å². The molecule has 5 nitrogen and oxygen atoms in total. The van der Waals surface area contributed by atoms with Crippen LogP contribution in [0.15, 0.2) is 35.7 Å². The minimum atomic E-state index is -1.54. The van der Waals surface area contributed by atoms with Gasteiger partial charge in [0, 0.05) is 22.0 Å². The summed E-state index contributed by atoms with van der Waals surface area (Å²) in [6.45, 7) is 0. The van der Waals surface area contributed by atoms with Crippen molar-refractivity contribution in [2.45, 2.75) is 0 Å². The van der Waals surface area contributed by atoms with Crippen molar-refractivity contribution < 1.29 is 32.6 Å². The third-order valence-corrected chi connectivity index (χ3v) is 5.06. The smallest absolute Gasteiger partial charge is 0.339 e. The second-order valence-electron chi connectivity index (χ2n) is 5.69. The van der Waals surface area contributed by atoms with Crippen molar-refractivity contribution in [3.8, 4) is 16.9 Å². The molecule has 0 fully saturated rings. The number of carbonyl (C=O) groups excluding carboxylic acids is 1. The van der Waals surface area contributed by atoms with E-state index in [0.29, 0.717) is 16.7 Å². The van der Waals surface area contributed by atoms with Gasteiger partial charge in [-0.3, -0.25) is 4.79 Å². The van der Waals surface area contributed by atoms with Crippen LogP contribution < -0.4 is 10.1 Å². The second kappa shape index (κ2) is 8.14. The summed E-state index contributed by atoms with van der Waals surface area (Å²) in [4.78, 5) is 24.2. The van der Waals surface area contributed by atoms with E-state index in [1.54, 1.807) is 18.2 Å². The third kappa shape index (κ3) is 3.92. The topological polar surface area (TPSA) is 75.6 Å². The first-order chi connectivity index (χ1) is 13.7. The molecule has 1 heterocycles. The Labute approximate surface area is 171 Å². The average molecular weight is 442 g/mol. The van der Waals surface area contributed by atoms with Crippen molar-refractivity contribution in [1.29, 1.82) is 0 Å². The number of anilines is 1. The van der Waals surface area contributed by atoms with E-state index in [1.165, 1.54) is 11.4 Å². The molecule has 0 atom stereocenters. The zero-order valence-corrected chi connectivity index (χ0v) is 16.1. The molecule has 150 valence electrons. The van der Waals surface area contributed by atoms with E-state index in [4.69, 9.17) is 11.6 Å². The molecule has 1 amide bonds. The van der Waals surface area contributed by atoms with Gasteiger partial charge in [0.15, 0.2) is 17.4 Å². The molecule has 29 heavy (non-hydrogen) atoms. The maximum atomic E-state index is 14.3. The molecule has 0 aliphatic rings. The van der Waals surface area contributed by atoms with Crippen molar-refractivity contribution in [3.63, 3.8) is 0 Å². The highest BCUT2D eigenvalue weighted by molar-refractivity contribution is 7.15. The zero-order valence-electron chi connectivity index (χ0n) is 14.6. The molecular weight excluding hydrogens is 431 g/mol. The number of halogens is 4. The summed E-state index contributed by atoms with van der Waals surface area (Å²) in [5.74, 6) is -7.90. The van der Waals surface area contributed by atoms with Crippen molar-refractivity contribution >= 4 is 39.8 Å². The van der Waals surface area contributed by atoms with Gasteiger partial charge in [0.25, 0.3) is 5.91 Å². The lowest BCUT2D eigenvalue weighted by Crippen LogP contribution is -2.18. The number of carboxylic acids is 1. The minimum absolute atomic E-state index is 0.153. The van der Waals surface area contributed by atoms with Crippen molar-refractivity contribution in [2.24, 2.45) is 0 Å². The Bertz CT molecular complexity index is 1130. The first kappa shape index (κ1) is 20.7. The lowest BCUT2D eigenvalue weighted by atomic mass is 10.0. The Balaban J connectivity index is 2.04. The molecule has 2 aromatic carbocycles. The highest BCUT2D eigenvalue weighted by Gasteiger charge is 2.27. The quantitative estimate of drug-likeness (QED) is 0.552. The van der Waals surface area contributed by atoms with Gasteiger partial charge in [-0.15, -0.1) is 11.3 Å². The van der Waals surface area contributed by atoms with Gasteiger partial charge in [-0.25, -0.2) is 18.0 Å². The average Bonchev–Trinajstić information content (AvgIpc) is 3.05. The Morgan fingerprint density at radius 3 is 2.48 bits per heavy atom. The minimum Gasteiger partial charge on any atom is -0.491 e. The molecule has 0 radical (unpaired) electrons. The van der Waals surface area contributed by atoms with Gasteiger partial charge in [0.1, 0.15) is 21.9 Å². The summed E-state index contributed by atoms with van der Waals surface area (Å²) in [5.41, 5.74) is -0.636. The van der Waals surface area contributed by atoms with Gasteiger partial charge < -0.3 is 15.2 Å². The van der Waals surface area contributed by atoms with E-state index >= 15 is 0 Å². The molecule has 0 saturated carbocycles. The molecular formula is C19H11ClF3NO4S. The zero-order chi connectivity index (χ0) is 21.3. The number of methoxy groups -OCH3 is 1. The van der Waals surface area contributed by atoms with Crippen LogP contribution in [0.2, 0.25) is 5.02 Å². The second-order valence-corrected chi connectivity index (χ2v) is 7.00. The van der Waals surface area contributed by atoms with Gasteiger partial charge in [0.05, 0.1) is 7.11 Å². The predicted octanol–water partition coefficient (Wildman–Crippen LogP) is 5.44. The van der Waals surface area contributed by atoms with Crippen LogP contribution >= 0.6 is 22.9 Å². The first-order valence-electron chi connectivity index (χ1n) is 7.88. The van der Waals surface area contributed by atoms with E-state index in [2.05, 4.69) is 10.1 Å². The number of hydrogen-bond donors (Lipinski definition) is 2. The van der Waals surface area contributed by atoms with Crippen molar-refractivity contribution in [1.82, 2.24) is 0 Å². The van der Waals surface area contributed by atoms with Crippen molar-refractivity contribution in [2.75, 3.05) is 12.4 Å². The summed E-state index contributed by atoms with van der Waals surface area (Å²) in [5, 5.41) is 13.4. The molecule has 0 saturated heterocycles. The highest BCUT2D eigenvalue weighted by Crippen LogP contribution is 2.37. The number of hydrogen-bond acceptors (Lipinski definition) is 4. The lowest BCUT2D eigenvalue weighted by molar-refractivity contribution is 0.0699. The number of rotatable bonds is 5. The Kier molecular flexibility index (Phi) is 5.81. The summed E-state index contributed by atoms with van der Waals surface area (Å²) in [6, 6.07) is 6.69. The summed E-state index contributed by atoms with van der Waals surface area (Å²) in [6.07, 6.45) is 0. The van der Waals surface area contributed by atoms with Gasteiger partial charge in [-0.2, -0.15) is 0 Å². The molecule has 2 N–H and O–H groups in total. The SMILES string of the molecule is COc1c(F)cc(F)c(C(=O)Nc2scc(-c3cccc(Cl)c3)c2C(=O)O)c1F. The molecule has 0 bridgehead atoms. The number of carboxylic acid groups (broad SMARTS) is 1. The van der Waals surface area contributed by atoms with Crippen molar-refractivity contribution in [3.05, 3.63) is 69.3 Å². The standard InChI is InChI=1S/C19H11ClF3NO4S/c1-28-16-12(22)6-11(21)14(15(16)23)17(25)24-18-13(19(26)27)10(7-29-18)8-3-2-4-9(20)5-8/h2-7H,1H3,(H,24,25)(H,26,27). The normalized spacial score (nSPS) is 10.7.